The van der Waals surface area contributed by atoms with Crippen LogP contribution in [-0.2, 0) is 0 Å². The Bertz CT molecular complexity index is 531. The highest BCUT2D eigenvalue weighted by molar-refractivity contribution is 5.85. The standard InChI is InChI=1S/C17H25N3/c1-4-10-19-17(9-12-20(2)3)15-7-5-6-14-8-11-18-13-16(14)15/h5-8,11,13,17,19H,4,9-10,12H2,1-3H3. The van der Waals surface area contributed by atoms with E-state index in [0.29, 0.717) is 6.04 Å². The van der Waals surface area contributed by atoms with E-state index in [-0.39, 0.29) is 0 Å². The van der Waals surface area contributed by atoms with Gasteiger partial charge < -0.3 is 10.2 Å². The SMILES string of the molecule is CCCNC(CCN(C)C)c1cccc2ccncc12. The number of benzene rings is 1. The second-order valence-corrected chi connectivity index (χ2v) is 5.54. The maximum Gasteiger partial charge on any atom is 0.0349 e. The summed E-state index contributed by atoms with van der Waals surface area (Å²) < 4.78 is 0. The average Bonchev–Trinajstić information content (AvgIpc) is 2.47. The van der Waals surface area contributed by atoms with Crippen LogP contribution in [0, 0.1) is 0 Å². The molecule has 0 spiro atoms. The summed E-state index contributed by atoms with van der Waals surface area (Å²) in [6, 6.07) is 9.01. The van der Waals surface area contributed by atoms with E-state index >= 15 is 0 Å². The molecule has 0 aliphatic carbocycles. The van der Waals surface area contributed by atoms with Crippen LogP contribution in [0.25, 0.3) is 10.8 Å². The normalized spacial score (nSPS) is 13.0. The van der Waals surface area contributed by atoms with Crippen molar-refractivity contribution in [1.29, 1.82) is 0 Å². The molecule has 1 aromatic heterocycles. The molecule has 2 aromatic rings. The summed E-state index contributed by atoms with van der Waals surface area (Å²) in [5.74, 6) is 0. The summed E-state index contributed by atoms with van der Waals surface area (Å²) in [5.41, 5.74) is 1.37. The topological polar surface area (TPSA) is 28.2 Å². The molecule has 1 N–H and O–H groups in total. The fourth-order valence-corrected chi connectivity index (χ4v) is 2.51. The van der Waals surface area contributed by atoms with Gasteiger partial charge >= 0.3 is 0 Å². The summed E-state index contributed by atoms with van der Waals surface area (Å²) in [7, 11) is 4.25. The first kappa shape index (κ1) is 14.9. The second kappa shape index (κ2) is 7.36. The third-order valence-corrected chi connectivity index (χ3v) is 3.60. The molecule has 1 unspecified atom stereocenters. The quantitative estimate of drug-likeness (QED) is 0.838. The fraction of sp³-hybridized carbons (Fsp3) is 0.471. The molecule has 1 aromatic carbocycles. The minimum Gasteiger partial charge on any atom is -0.310 e. The number of fused-ring (bicyclic) bond motifs is 1. The van der Waals surface area contributed by atoms with E-state index in [1.807, 2.05) is 12.4 Å². The smallest absolute Gasteiger partial charge is 0.0349 e. The van der Waals surface area contributed by atoms with Crippen LogP contribution in [0.5, 0.6) is 0 Å². The zero-order valence-electron chi connectivity index (χ0n) is 12.8. The molecule has 3 nitrogen and oxygen atoms in total. The van der Waals surface area contributed by atoms with Crippen LogP contribution in [0.4, 0.5) is 0 Å². The monoisotopic (exact) mass is 271 g/mol. The first-order valence-corrected chi connectivity index (χ1v) is 7.43. The summed E-state index contributed by atoms with van der Waals surface area (Å²) in [4.78, 5) is 6.53. The third kappa shape index (κ3) is 3.78. The van der Waals surface area contributed by atoms with Gasteiger partial charge in [-0.25, -0.2) is 0 Å². The van der Waals surface area contributed by atoms with Crippen molar-refractivity contribution < 1.29 is 0 Å². The van der Waals surface area contributed by atoms with Crippen molar-refractivity contribution in [3.63, 3.8) is 0 Å². The van der Waals surface area contributed by atoms with Crippen LogP contribution in [0.2, 0.25) is 0 Å². The zero-order chi connectivity index (χ0) is 14.4. The van der Waals surface area contributed by atoms with E-state index in [4.69, 9.17) is 0 Å². The molecule has 0 aliphatic heterocycles. The Kier molecular flexibility index (Phi) is 5.50. The highest BCUT2D eigenvalue weighted by atomic mass is 15.1. The fourth-order valence-electron chi connectivity index (χ4n) is 2.51. The van der Waals surface area contributed by atoms with Crippen molar-refractivity contribution in [3.05, 3.63) is 42.2 Å². The number of rotatable bonds is 7. The van der Waals surface area contributed by atoms with Gasteiger partial charge in [-0.2, -0.15) is 0 Å². The average molecular weight is 271 g/mol. The molecule has 2 rings (SSSR count). The molecular formula is C17H25N3. The van der Waals surface area contributed by atoms with Crippen LogP contribution < -0.4 is 5.32 Å². The second-order valence-electron chi connectivity index (χ2n) is 5.54. The molecule has 0 saturated heterocycles. The van der Waals surface area contributed by atoms with E-state index in [0.717, 1.165) is 25.9 Å². The highest BCUT2D eigenvalue weighted by Crippen LogP contribution is 2.25. The number of hydrogen-bond acceptors (Lipinski definition) is 3. The molecule has 0 aliphatic rings. The van der Waals surface area contributed by atoms with Gasteiger partial charge in [0, 0.05) is 23.8 Å². The van der Waals surface area contributed by atoms with E-state index in [1.54, 1.807) is 0 Å². The Balaban J connectivity index is 2.29. The predicted molar refractivity (Wildman–Crippen MR) is 85.9 cm³/mol. The Morgan fingerprint density at radius 1 is 1.25 bits per heavy atom. The molecule has 0 fully saturated rings. The van der Waals surface area contributed by atoms with Crippen LogP contribution in [0.1, 0.15) is 31.4 Å². The summed E-state index contributed by atoms with van der Waals surface area (Å²) >= 11 is 0. The maximum atomic E-state index is 4.29. The molecular weight excluding hydrogens is 246 g/mol. The minimum absolute atomic E-state index is 0.394. The Hall–Kier alpha value is -1.45. The molecule has 0 amide bonds. The number of aromatic nitrogens is 1. The Labute approximate surface area is 122 Å². The van der Waals surface area contributed by atoms with E-state index in [1.165, 1.54) is 16.3 Å². The Morgan fingerprint density at radius 3 is 2.85 bits per heavy atom. The predicted octanol–water partition coefficient (Wildman–Crippen LogP) is 3.23. The summed E-state index contributed by atoms with van der Waals surface area (Å²) in [6.45, 7) is 4.34. The van der Waals surface area contributed by atoms with Gasteiger partial charge in [-0.15, -0.1) is 0 Å². The third-order valence-electron chi connectivity index (χ3n) is 3.60. The molecule has 0 radical (unpaired) electrons. The molecule has 3 heteroatoms. The molecule has 1 heterocycles. The molecule has 20 heavy (non-hydrogen) atoms. The van der Waals surface area contributed by atoms with E-state index in [2.05, 4.69) is 60.5 Å². The van der Waals surface area contributed by atoms with Crippen LogP contribution in [0.3, 0.4) is 0 Å². The lowest BCUT2D eigenvalue weighted by Gasteiger charge is -2.22. The minimum atomic E-state index is 0.394. The van der Waals surface area contributed by atoms with Gasteiger partial charge in [0.05, 0.1) is 0 Å². The number of hydrogen-bond donors (Lipinski definition) is 1. The van der Waals surface area contributed by atoms with Crippen LogP contribution >= 0.6 is 0 Å². The number of nitrogens with zero attached hydrogens (tertiary/aromatic N) is 2. The summed E-state index contributed by atoms with van der Waals surface area (Å²) in [6.07, 6.45) is 6.11. The molecule has 0 saturated carbocycles. The molecule has 108 valence electrons. The Morgan fingerprint density at radius 2 is 2.10 bits per heavy atom. The van der Waals surface area contributed by atoms with Crippen molar-refractivity contribution >= 4 is 10.8 Å². The highest BCUT2D eigenvalue weighted by Gasteiger charge is 2.13. The van der Waals surface area contributed by atoms with Crippen molar-refractivity contribution in [3.8, 4) is 0 Å². The number of pyridine rings is 1. The first-order chi connectivity index (χ1) is 9.72. The largest absolute Gasteiger partial charge is 0.310 e. The van der Waals surface area contributed by atoms with E-state index in [9.17, 15) is 0 Å². The maximum absolute atomic E-state index is 4.29. The lowest BCUT2D eigenvalue weighted by molar-refractivity contribution is 0.362. The van der Waals surface area contributed by atoms with Crippen molar-refractivity contribution in [1.82, 2.24) is 15.2 Å². The van der Waals surface area contributed by atoms with E-state index < -0.39 is 0 Å². The first-order valence-electron chi connectivity index (χ1n) is 7.43. The van der Waals surface area contributed by atoms with Gasteiger partial charge in [0.2, 0.25) is 0 Å². The lowest BCUT2D eigenvalue weighted by Crippen LogP contribution is -2.26. The molecule has 0 bridgehead atoms. The number of nitrogens with one attached hydrogen (secondary N) is 1. The lowest BCUT2D eigenvalue weighted by atomic mass is 9.97. The van der Waals surface area contributed by atoms with Crippen molar-refractivity contribution in [2.24, 2.45) is 0 Å². The van der Waals surface area contributed by atoms with Crippen molar-refractivity contribution in [2.75, 3.05) is 27.2 Å². The van der Waals surface area contributed by atoms with Crippen molar-refractivity contribution in [2.45, 2.75) is 25.8 Å². The molecule has 1 atom stereocenters. The van der Waals surface area contributed by atoms with Gasteiger partial charge in [0.1, 0.15) is 0 Å². The van der Waals surface area contributed by atoms with Crippen LogP contribution in [0.15, 0.2) is 36.7 Å². The summed E-state index contributed by atoms with van der Waals surface area (Å²) in [5, 5.41) is 6.21. The van der Waals surface area contributed by atoms with Gasteiger partial charge in [0.15, 0.2) is 0 Å². The zero-order valence-corrected chi connectivity index (χ0v) is 12.8. The van der Waals surface area contributed by atoms with Gasteiger partial charge in [-0.1, -0.05) is 25.1 Å². The van der Waals surface area contributed by atoms with Gasteiger partial charge in [-0.05, 0) is 57.0 Å². The van der Waals surface area contributed by atoms with Crippen LogP contribution in [-0.4, -0.2) is 37.1 Å². The van der Waals surface area contributed by atoms with Gasteiger partial charge in [0.25, 0.3) is 0 Å². The van der Waals surface area contributed by atoms with Gasteiger partial charge in [-0.3, -0.25) is 4.98 Å².